The molecule has 0 atom stereocenters. The minimum Gasteiger partial charge on any atom is -0.504 e. The Bertz CT molecular complexity index is 611. The molecule has 0 aliphatic carbocycles. The summed E-state index contributed by atoms with van der Waals surface area (Å²) in [6.07, 6.45) is 3.32. The Balaban J connectivity index is 1.64. The van der Waals surface area contributed by atoms with Crippen LogP contribution in [0, 0.1) is 0 Å². The quantitative estimate of drug-likeness (QED) is 0.543. The first-order chi connectivity index (χ1) is 10.6. The molecule has 0 unspecified atom stereocenters. The number of phenolic OH excluding ortho intramolecular Hbond substituents is 2. The highest BCUT2D eigenvalue weighted by atomic mass is 16.3. The van der Waals surface area contributed by atoms with Crippen LogP contribution in [0.2, 0.25) is 0 Å². The highest BCUT2D eigenvalue weighted by Crippen LogP contribution is 2.24. The first kappa shape index (κ1) is 15.9. The summed E-state index contributed by atoms with van der Waals surface area (Å²) in [6.45, 7) is 0.353. The van der Waals surface area contributed by atoms with E-state index in [9.17, 15) is 15.0 Å². The number of carbonyl (C=O) groups excluding carboxylic acids is 1. The van der Waals surface area contributed by atoms with Gasteiger partial charge in [-0.1, -0.05) is 36.4 Å². The first-order valence-corrected chi connectivity index (χ1v) is 7.46. The molecule has 2 aromatic carbocycles. The van der Waals surface area contributed by atoms with Crippen molar-refractivity contribution in [3.8, 4) is 11.5 Å². The number of rotatable bonds is 7. The van der Waals surface area contributed by atoms with Crippen LogP contribution in [-0.2, 0) is 17.8 Å². The van der Waals surface area contributed by atoms with Crippen LogP contribution in [0.3, 0.4) is 0 Å². The summed E-state index contributed by atoms with van der Waals surface area (Å²) in [5.41, 5.74) is 2.05. The monoisotopic (exact) mass is 299 g/mol. The second kappa shape index (κ2) is 8.08. The van der Waals surface area contributed by atoms with E-state index in [2.05, 4.69) is 17.4 Å². The Hall–Kier alpha value is -2.49. The van der Waals surface area contributed by atoms with E-state index in [0.717, 1.165) is 24.8 Å². The number of carbonyl (C=O) groups is 1. The summed E-state index contributed by atoms with van der Waals surface area (Å²) in [6, 6.07) is 14.8. The zero-order valence-electron chi connectivity index (χ0n) is 12.5. The van der Waals surface area contributed by atoms with Crippen LogP contribution in [0.25, 0.3) is 0 Å². The molecule has 0 aliphatic heterocycles. The van der Waals surface area contributed by atoms with E-state index in [1.807, 2.05) is 18.2 Å². The molecule has 0 aliphatic rings. The highest BCUT2D eigenvalue weighted by Gasteiger charge is 2.04. The zero-order chi connectivity index (χ0) is 15.8. The molecule has 0 saturated carbocycles. The van der Waals surface area contributed by atoms with Crippen molar-refractivity contribution in [2.24, 2.45) is 0 Å². The van der Waals surface area contributed by atoms with E-state index in [4.69, 9.17) is 0 Å². The Morgan fingerprint density at radius 1 is 0.909 bits per heavy atom. The molecule has 4 nitrogen and oxygen atoms in total. The van der Waals surface area contributed by atoms with Crippen LogP contribution in [0.4, 0.5) is 0 Å². The molecule has 0 aromatic heterocycles. The van der Waals surface area contributed by atoms with Gasteiger partial charge in [-0.3, -0.25) is 4.79 Å². The van der Waals surface area contributed by atoms with Crippen molar-refractivity contribution in [3.63, 3.8) is 0 Å². The first-order valence-electron chi connectivity index (χ1n) is 7.46. The zero-order valence-corrected chi connectivity index (χ0v) is 12.5. The fraction of sp³-hybridized carbons (Fsp3) is 0.278. The summed E-state index contributed by atoms with van der Waals surface area (Å²) >= 11 is 0. The third-order valence-corrected chi connectivity index (χ3v) is 3.49. The standard InChI is InChI=1S/C18H21NO3/c20-16-11-10-15(12-17(16)21)13-19-18(22)9-5-4-8-14-6-2-1-3-7-14/h1-3,6-7,10-12,20-21H,4-5,8-9,13H2,(H,19,22). The normalized spacial score (nSPS) is 10.4. The number of aryl methyl sites for hydroxylation is 1. The average molecular weight is 299 g/mol. The Labute approximate surface area is 130 Å². The van der Waals surface area contributed by atoms with Crippen LogP contribution in [-0.4, -0.2) is 16.1 Å². The molecule has 0 bridgehead atoms. The molecule has 3 N–H and O–H groups in total. The van der Waals surface area contributed by atoms with Crippen molar-refractivity contribution in [2.75, 3.05) is 0 Å². The molecule has 0 radical (unpaired) electrons. The smallest absolute Gasteiger partial charge is 0.220 e. The molecule has 2 rings (SSSR count). The molecular formula is C18H21NO3. The average Bonchev–Trinajstić information content (AvgIpc) is 2.54. The number of benzene rings is 2. The van der Waals surface area contributed by atoms with E-state index >= 15 is 0 Å². The second-order valence-corrected chi connectivity index (χ2v) is 5.29. The SMILES string of the molecule is O=C(CCCCc1ccccc1)NCc1ccc(O)c(O)c1. The molecule has 2 aromatic rings. The van der Waals surface area contributed by atoms with E-state index in [0.29, 0.717) is 13.0 Å². The van der Waals surface area contributed by atoms with Gasteiger partial charge in [-0.15, -0.1) is 0 Å². The fourth-order valence-electron chi connectivity index (χ4n) is 2.23. The number of amides is 1. The van der Waals surface area contributed by atoms with Gasteiger partial charge in [0.15, 0.2) is 11.5 Å². The van der Waals surface area contributed by atoms with E-state index < -0.39 is 0 Å². The highest BCUT2D eigenvalue weighted by molar-refractivity contribution is 5.75. The van der Waals surface area contributed by atoms with Gasteiger partial charge < -0.3 is 15.5 Å². The minimum atomic E-state index is -0.172. The van der Waals surface area contributed by atoms with Gasteiger partial charge >= 0.3 is 0 Å². The largest absolute Gasteiger partial charge is 0.504 e. The van der Waals surface area contributed by atoms with Gasteiger partial charge in [0.2, 0.25) is 5.91 Å². The fourth-order valence-corrected chi connectivity index (χ4v) is 2.23. The van der Waals surface area contributed by atoms with Gasteiger partial charge in [0.05, 0.1) is 0 Å². The number of nitrogens with one attached hydrogen (secondary N) is 1. The number of aromatic hydroxyl groups is 2. The number of hydrogen-bond donors (Lipinski definition) is 3. The summed E-state index contributed by atoms with van der Waals surface area (Å²) in [5.74, 6) is -0.328. The third kappa shape index (κ3) is 5.13. The molecule has 4 heteroatoms. The van der Waals surface area contributed by atoms with Crippen LogP contribution >= 0.6 is 0 Å². The van der Waals surface area contributed by atoms with Gasteiger partial charge in [0.25, 0.3) is 0 Å². The van der Waals surface area contributed by atoms with Crippen molar-refractivity contribution in [1.29, 1.82) is 0 Å². The molecular weight excluding hydrogens is 278 g/mol. The number of unbranched alkanes of at least 4 members (excludes halogenated alkanes) is 1. The van der Waals surface area contributed by atoms with Gasteiger partial charge in [-0.2, -0.15) is 0 Å². The van der Waals surface area contributed by atoms with Crippen molar-refractivity contribution in [1.82, 2.24) is 5.32 Å². The van der Waals surface area contributed by atoms with Crippen molar-refractivity contribution < 1.29 is 15.0 Å². The Kier molecular flexibility index (Phi) is 5.83. The molecule has 22 heavy (non-hydrogen) atoms. The van der Waals surface area contributed by atoms with Crippen LogP contribution < -0.4 is 5.32 Å². The summed E-state index contributed by atoms with van der Waals surface area (Å²) < 4.78 is 0. The van der Waals surface area contributed by atoms with Gasteiger partial charge in [-0.25, -0.2) is 0 Å². The lowest BCUT2D eigenvalue weighted by Crippen LogP contribution is -2.22. The second-order valence-electron chi connectivity index (χ2n) is 5.29. The van der Waals surface area contributed by atoms with E-state index in [-0.39, 0.29) is 17.4 Å². The maximum Gasteiger partial charge on any atom is 0.220 e. The van der Waals surface area contributed by atoms with Gasteiger partial charge in [0, 0.05) is 13.0 Å². The topological polar surface area (TPSA) is 69.6 Å². The lowest BCUT2D eigenvalue weighted by atomic mass is 10.1. The number of phenols is 2. The molecule has 0 saturated heterocycles. The van der Waals surface area contributed by atoms with E-state index in [1.165, 1.54) is 17.7 Å². The summed E-state index contributed by atoms with van der Waals surface area (Å²) in [7, 11) is 0. The molecule has 0 spiro atoms. The van der Waals surface area contributed by atoms with Crippen molar-refractivity contribution in [2.45, 2.75) is 32.2 Å². The number of hydrogen-bond acceptors (Lipinski definition) is 3. The van der Waals surface area contributed by atoms with Gasteiger partial charge in [0.1, 0.15) is 0 Å². The van der Waals surface area contributed by atoms with Crippen LogP contribution in [0.5, 0.6) is 11.5 Å². The van der Waals surface area contributed by atoms with Crippen LogP contribution in [0.15, 0.2) is 48.5 Å². The molecule has 0 heterocycles. The maximum absolute atomic E-state index is 11.8. The molecule has 116 valence electrons. The summed E-state index contributed by atoms with van der Waals surface area (Å²) in [4.78, 5) is 11.8. The van der Waals surface area contributed by atoms with Crippen molar-refractivity contribution in [3.05, 3.63) is 59.7 Å². The minimum absolute atomic E-state index is 0.000580. The van der Waals surface area contributed by atoms with Crippen LogP contribution in [0.1, 0.15) is 30.4 Å². The van der Waals surface area contributed by atoms with Crippen molar-refractivity contribution >= 4 is 5.91 Å². The molecule has 1 amide bonds. The predicted molar refractivity (Wildman–Crippen MR) is 85.6 cm³/mol. The predicted octanol–water partition coefficient (Wildman–Crippen LogP) is 3.13. The lowest BCUT2D eigenvalue weighted by molar-refractivity contribution is -0.121. The summed E-state index contributed by atoms with van der Waals surface area (Å²) in [5, 5.41) is 21.4. The third-order valence-electron chi connectivity index (χ3n) is 3.49. The Morgan fingerprint density at radius 2 is 1.68 bits per heavy atom. The molecule has 0 fully saturated rings. The lowest BCUT2D eigenvalue weighted by Gasteiger charge is -2.07. The van der Waals surface area contributed by atoms with Gasteiger partial charge in [-0.05, 0) is 42.5 Å². The Morgan fingerprint density at radius 3 is 2.41 bits per heavy atom. The van der Waals surface area contributed by atoms with E-state index in [1.54, 1.807) is 6.07 Å². The maximum atomic E-state index is 11.8.